The van der Waals surface area contributed by atoms with Crippen molar-refractivity contribution >= 4 is 27.3 Å². The van der Waals surface area contributed by atoms with E-state index in [4.69, 9.17) is 10.2 Å². The number of thiazole rings is 1. The highest BCUT2D eigenvalue weighted by atomic mass is 32.1. The third kappa shape index (κ3) is 3.64. The van der Waals surface area contributed by atoms with Crippen LogP contribution in [0, 0.1) is 11.3 Å². The van der Waals surface area contributed by atoms with Crippen molar-refractivity contribution in [3.63, 3.8) is 0 Å². The van der Waals surface area contributed by atoms with Crippen LogP contribution in [0.4, 0.5) is 0 Å². The Morgan fingerprint density at radius 1 is 0.963 bits per heavy atom. The number of carbonyl (C=O) groups excluding carboxylic acids is 1. The van der Waals surface area contributed by atoms with E-state index in [2.05, 4.69) is 6.07 Å². The highest BCUT2D eigenvalue weighted by Gasteiger charge is 2.25. The molecule has 0 fully saturated rings. The van der Waals surface area contributed by atoms with Gasteiger partial charge in [-0.2, -0.15) is 5.26 Å². The van der Waals surface area contributed by atoms with E-state index >= 15 is 0 Å². The number of hydrogen-bond donors (Lipinski definition) is 0. The van der Waals surface area contributed by atoms with Gasteiger partial charge >= 0.3 is 0 Å². The third-order valence-electron chi connectivity index (χ3n) is 4.51. The predicted octanol–water partition coefficient (Wildman–Crippen LogP) is 5.38. The molecule has 130 valence electrons. The van der Waals surface area contributed by atoms with Gasteiger partial charge in [0.2, 0.25) is 0 Å². The number of fused-ring (bicyclic) bond motifs is 1. The second-order valence-electron chi connectivity index (χ2n) is 6.32. The Kier molecular flexibility index (Phi) is 4.78. The summed E-state index contributed by atoms with van der Waals surface area (Å²) in [6.45, 7) is 0. The van der Waals surface area contributed by atoms with Crippen LogP contribution in [0.3, 0.4) is 0 Å². The number of nitriles is 1. The molecular weight excluding hydrogens is 352 g/mol. The van der Waals surface area contributed by atoms with Gasteiger partial charge in [0, 0.05) is 5.56 Å². The summed E-state index contributed by atoms with van der Waals surface area (Å²) in [5.74, 6) is -0.281. The molecule has 4 aromatic rings. The molecule has 3 nitrogen and oxygen atoms in total. The molecule has 0 N–H and O–H groups in total. The molecular formula is C23H16N2OS. The SMILES string of the molecule is N#Cc1ccc(CC(C(=O)c2ccccc2)c2nc3ccccc3s2)cc1. The summed E-state index contributed by atoms with van der Waals surface area (Å²) in [7, 11) is 0. The second-order valence-corrected chi connectivity index (χ2v) is 7.38. The van der Waals surface area contributed by atoms with E-state index in [0.29, 0.717) is 17.5 Å². The molecule has 1 heterocycles. The Morgan fingerprint density at radius 2 is 1.67 bits per heavy atom. The average molecular weight is 368 g/mol. The van der Waals surface area contributed by atoms with Crippen molar-refractivity contribution in [2.24, 2.45) is 0 Å². The maximum atomic E-state index is 13.3. The van der Waals surface area contributed by atoms with Gasteiger partial charge in [-0.25, -0.2) is 4.98 Å². The molecule has 1 unspecified atom stereocenters. The fraction of sp³-hybridized carbons (Fsp3) is 0.0870. The van der Waals surface area contributed by atoms with Gasteiger partial charge in [-0.05, 0) is 36.2 Å². The standard InChI is InChI=1S/C23H16N2OS/c24-15-17-12-10-16(11-13-17)14-19(22(26)18-6-2-1-3-7-18)23-25-20-8-4-5-9-21(20)27-23/h1-13,19H,14H2. The molecule has 4 heteroatoms. The first-order valence-corrected chi connectivity index (χ1v) is 9.50. The largest absolute Gasteiger partial charge is 0.293 e. The number of aromatic nitrogens is 1. The summed E-state index contributed by atoms with van der Waals surface area (Å²) < 4.78 is 1.08. The van der Waals surface area contributed by atoms with Gasteiger partial charge in [0.1, 0.15) is 5.01 Å². The smallest absolute Gasteiger partial charge is 0.173 e. The number of ketones is 1. The van der Waals surface area contributed by atoms with Gasteiger partial charge in [-0.15, -0.1) is 11.3 Å². The quantitative estimate of drug-likeness (QED) is 0.445. The van der Waals surface area contributed by atoms with E-state index in [1.807, 2.05) is 66.7 Å². The van der Waals surface area contributed by atoms with Crippen molar-refractivity contribution in [2.45, 2.75) is 12.3 Å². The number of nitrogens with zero attached hydrogens (tertiary/aromatic N) is 2. The van der Waals surface area contributed by atoms with E-state index in [9.17, 15) is 4.79 Å². The van der Waals surface area contributed by atoms with Gasteiger partial charge in [0.25, 0.3) is 0 Å². The van der Waals surface area contributed by atoms with Gasteiger partial charge in [0.15, 0.2) is 5.78 Å². The summed E-state index contributed by atoms with van der Waals surface area (Å²) in [5.41, 5.74) is 3.24. The number of para-hydroxylation sites is 1. The van der Waals surface area contributed by atoms with Crippen molar-refractivity contribution in [3.8, 4) is 6.07 Å². The molecule has 0 aliphatic rings. The van der Waals surface area contributed by atoms with Crippen LogP contribution in [0.5, 0.6) is 0 Å². The van der Waals surface area contributed by atoms with Crippen molar-refractivity contribution in [3.05, 3.63) is 101 Å². The lowest BCUT2D eigenvalue weighted by Gasteiger charge is -2.14. The zero-order valence-electron chi connectivity index (χ0n) is 14.5. The fourth-order valence-corrected chi connectivity index (χ4v) is 4.15. The minimum Gasteiger partial charge on any atom is -0.293 e. The van der Waals surface area contributed by atoms with E-state index < -0.39 is 0 Å². The van der Waals surface area contributed by atoms with E-state index in [1.165, 1.54) is 0 Å². The number of benzene rings is 3. The summed E-state index contributed by atoms with van der Waals surface area (Å²) in [6.07, 6.45) is 0.555. The van der Waals surface area contributed by atoms with Crippen molar-refractivity contribution in [2.75, 3.05) is 0 Å². The Morgan fingerprint density at radius 3 is 2.37 bits per heavy atom. The molecule has 0 aliphatic carbocycles. The van der Waals surface area contributed by atoms with Crippen molar-refractivity contribution < 1.29 is 4.79 Å². The molecule has 0 bridgehead atoms. The van der Waals surface area contributed by atoms with Gasteiger partial charge in [-0.1, -0.05) is 54.6 Å². The predicted molar refractivity (Wildman–Crippen MR) is 108 cm³/mol. The van der Waals surface area contributed by atoms with Crippen LogP contribution in [-0.4, -0.2) is 10.8 Å². The van der Waals surface area contributed by atoms with Crippen molar-refractivity contribution in [1.82, 2.24) is 4.98 Å². The van der Waals surface area contributed by atoms with Gasteiger partial charge in [-0.3, -0.25) is 4.79 Å². The number of hydrogen-bond acceptors (Lipinski definition) is 4. The summed E-state index contributed by atoms with van der Waals surface area (Å²) >= 11 is 1.57. The first-order valence-electron chi connectivity index (χ1n) is 8.68. The minimum atomic E-state index is -0.349. The monoisotopic (exact) mass is 368 g/mol. The lowest BCUT2D eigenvalue weighted by Crippen LogP contribution is -2.15. The summed E-state index contributed by atoms with van der Waals surface area (Å²) in [5, 5.41) is 9.82. The van der Waals surface area contributed by atoms with E-state index in [0.717, 1.165) is 20.8 Å². The van der Waals surface area contributed by atoms with Crippen LogP contribution in [0.1, 0.15) is 32.4 Å². The molecule has 4 rings (SSSR count). The molecule has 1 atom stereocenters. The highest BCUT2D eigenvalue weighted by molar-refractivity contribution is 7.18. The molecule has 0 radical (unpaired) electrons. The van der Waals surface area contributed by atoms with Crippen LogP contribution >= 0.6 is 11.3 Å². The molecule has 1 aromatic heterocycles. The number of rotatable bonds is 5. The Bertz CT molecular complexity index is 1090. The molecule has 0 amide bonds. The second kappa shape index (κ2) is 7.53. The molecule has 3 aromatic carbocycles. The zero-order chi connectivity index (χ0) is 18.6. The Labute approximate surface area is 161 Å². The maximum Gasteiger partial charge on any atom is 0.173 e. The normalized spacial score (nSPS) is 11.8. The van der Waals surface area contributed by atoms with Crippen LogP contribution in [-0.2, 0) is 6.42 Å². The minimum absolute atomic E-state index is 0.0685. The van der Waals surface area contributed by atoms with Gasteiger partial charge < -0.3 is 0 Å². The van der Waals surface area contributed by atoms with Crippen molar-refractivity contribution in [1.29, 1.82) is 5.26 Å². The lowest BCUT2D eigenvalue weighted by molar-refractivity contribution is 0.0959. The van der Waals surface area contributed by atoms with Crippen LogP contribution in [0.2, 0.25) is 0 Å². The maximum absolute atomic E-state index is 13.3. The van der Waals surface area contributed by atoms with Crippen LogP contribution in [0.15, 0.2) is 78.9 Å². The zero-order valence-corrected chi connectivity index (χ0v) is 15.3. The van der Waals surface area contributed by atoms with Gasteiger partial charge in [0.05, 0.1) is 27.8 Å². The first kappa shape index (κ1) is 17.1. The molecule has 0 spiro atoms. The van der Waals surface area contributed by atoms with Crippen LogP contribution in [0.25, 0.3) is 10.2 Å². The van der Waals surface area contributed by atoms with Crippen LogP contribution < -0.4 is 0 Å². The summed E-state index contributed by atoms with van der Waals surface area (Å²) in [4.78, 5) is 18.0. The molecule has 0 saturated carbocycles. The van der Waals surface area contributed by atoms with E-state index in [1.54, 1.807) is 23.5 Å². The average Bonchev–Trinajstić information content (AvgIpc) is 3.16. The Balaban J connectivity index is 1.74. The number of Topliss-reactive ketones (excluding diaryl/α,β-unsaturated/α-hetero) is 1. The molecule has 0 aliphatic heterocycles. The Hall–Kier alpha value is -3.29. The molecule has 27 heavy (non-hydrogen) atoms. The van der Waals surface area contributed by atoms with E-state index in [-0.39, 0.29) is 11.7 Å². The topological polar surface area (TPSA) is 53.8 Å². The lowest BCUT2D eigenvalue weighted by atomic mass is 9.91. The molecule has 0 saturated heterocycles. The summed E-state index contributed by atoms with van der Waals surface area (Å²) in [6, 6.07) is 26.8. The fourth-order valence-electron chi connectivity index (χ4n) is 3.09. The highest BCUT2D eigenvalue weighted by Crippen LogP contribution is 2.32. The number of carbonyl (C=O) groups is 1. The first-order chi connectivity index (χ1) is 13.2. The third-order valence-corrected chi connectivity index (χ3v) is 5.66.